The van der Waals surface area contributed by atoms with Crippen molar-refractivity contribution in [1.29, 1.82) is 0 Å². The Balaban J connectivity index is 1.34. The summed E-state index contributed by atoms with van der Waals surface area (Å²) in [5, 5.41) is 7.05. The molecule has 162 valence electrons. The second-order valence-corrected chi connectivity index (χ2v) is 8.68. The quantitative estimate of drug-likeness (QED) is 0.726. The first-order valence-electron chi connectivity index (χ1n) is 10.8. The van der Waals surface area contributed by atoms with Crippen LogP contribution in [0.3, 0.4) is 0 Å². The monoisotopic (exact) mass is 439 g/mol. The van der Waals surface area contributed by atoms with Crippen LogP contribution in [-0.2, 0) is 14.3 Å². The Morgan fingerprint density at radius 1 is 1.03 bits per heavy atom. The van der Waals surface area contributed by atoms with E-state index < -0.39 is 5.79 Å². The third kappa shape index (κ3) is 4.26. The van der Waals surface area contributed by atoms with Crippen LogP contribution in [0.4, 0.5) is 0 Å². The van der Waals surface area contributed by atoms with E-state index in [0.29, 0.717) is 31.2 Å². The van der Waals surface area contributed by atoms with E-state index in [9.17, 15) is 4.79 Å². The lowest BCUT2D eigenvalue weighted by molar-refractivity contribution is -0.186. The molecule has 0 aromatic heterocycles. The topological polar surface area (TPSA) is 54.4 Å². The molecule has 2 fully saturated rings. The number of hydrogen-bond acceptors (Lipinski definition) is 5. The summed E-state index contributed by atoms with van der Waals surface area (Å²) in [6.07, 6.45) is 2.21. The van der Waals surface area contributed by atoms with Gasteiger partial charge in [0.2, 0.25) is 0 Å². The summed E-state index contributed by atoms with van der Waals surface area (Å²) >= 11 is 6.50. The van der Waals surface area contributed by atoms with Gasteiger partial charge in [0.1, 0.15) is 0 Å². The Morgan fingerprint density at radius 3 is 2.42 bits per heavy atom. The lowest BCUT2D eigenvalue weighted by Gasteiger charge is -2.37. The fraction of sp³-hybridized carbons (Fsp3) is 0.417. The molecule has 0 saturated carbocycles. The highest BCUT2D eigenvalue weighted by Gasteiger charge is 2.41. The van der Waals surface area contributed by atoms with Crippen LogP contribution in [0.25, 0.3) is 0 Å². The molecule has 0 bridgehead atoms. The number of hydrazone groups is 1. The summed E-state index contributed by atoms with van der Waals surface area (Å²) in [6.45, 7) is 3.17. The number of benzene rings is 2. The standard InChI is InChI=1S/C24H26ClN3O3/c25-20-9-5-4-8-19(20)22-16-21(18-6-2-1-3-7-18)26-28(22)23(29)17-27-12-10-24(11-13-27)30-14-15-31-24/h1-9,22H,10-17H2/t22-/m0/s1. The van der Waals surface area contributed by atoms with Gasteiger partial charge in [0.15, 0.2) is 5.79 Å². The lowest BCUT2D eigenvalue weighted by atomic mass is 9.98. The van der Waals surface area contributed by atoms with Gasteiger partial charge < -0.3 is 9.47 Å². The van der Waals surface area contributed by atoms with Gasteiger partial charge in [-0.1, -0.05) is 60.1 Å². The number of halogens is 1. The van der Waals surface area contributed by atoms with Gasteiger partial charge in [-0.05, 0) is 17.2 Å². The molecule has 0 aliphatic carbocycles. The number of rotatable bonds is 4. The molecule has 0 unspecified atom stereocenters. The van der Waals surface area contributed by atoms with Crippen LogP contribution in [0.1, 0.15) is 36.4 Å². The van der Waals surface area contributed by atoms with Crippen molar-refractivity contribution < 1.29 is 14.3 Å². The van der Waals surface area contributed by atoms with E-state index in [1.165, 1.54) is 0 Å². The minimum absolute atomic E-state index is 0.0138. The third-order valence-electron chi connectivity index (χ3n) is 6.33. The van der Waals surface area contributed by atoms with Crippen molar-refractivity contribution >= 4 is 23.2 Å². The number of likely N-dealkylation sites (tertiary alicyclic amines) is 1. The zero-order valence-electron chi connectivity index (χ0n) is 17.4. The maximum Gasteiger partial charge on any atom is 0.257 e. The highest BCUT2D eigenvalue weighted by molar-refractivity contribution is 6.31. The van der Waals surface area contributed by atoms with Gasteiger partial charge in [-0.2, -0.15) is 5.10 Å². The zero-order chi connectivity index (χ0) is 21.3. The van der Waals surface area contributed by atoms with Gasteiger partial charge in [0.25, 0.3) is 5.91 Å². The van der Waals surface area contributed by atoms with E-state index >= 15 is 0 Å². The molecular formula is C24H26ClN3O3. The molecule has 3 aliphatic rings. The van der Waals surface area contributed by atoms with Gasteiger partial charge in [-0.3, -0.25) is 9.69 Å². The second-order valence-electron chi connectivity index (χ2n) is 8.28. The second kappa shape index (κ2) is 8.71. The molecule has 5 rings (SSSR count). The number of piperidine rings is 1. The molecule has 6 nitrogen and oxygen atoms in total. The van der Waals surface area contributed by atoms with Gasteiger partial charge in [-0.25, -0.2) is 5.01 Å². The molecule has 3 aliphatic heterocycles. The summed E-state index contributed by atoms with van der Waals surface area (Å²) in [7, 11) is 0. The Bertz CT molecular complexity index is 965. The summed E-state index contributed by atoms with van der Waals surface area (Å²) in [4.78, 5) is 15.5. The molecule has 1 amide bonds. The molecule has 2 aromatic rings. The molecular weight excluding hydrogens is 414 g/mol. The van der Waals surface area contributed by atoms with Crippen LogP contribution in [0.5, 0.6) is 0 Å². The average molecular weight is 440 g/mol. The zero-order valence-corrected chi connectivity index (χ0v) is 18.1. The lowest BCUT2D eigenvalue weighted by Crippen LogP contribution is -2.48. The van der Waals surface area contributed by atoms with Crippen LogP contribution in [-0.4, -0.2) is 60.2 Å². The van der Waals surface area contributed by atoms with E-state index in [1.807, 2.05) is 54.6 Å². The fourth-order valence-electron chi connectivity index (χ4n) is 4.63. The maximum absolute atomic E-state index is 13.4. The van der Waals surface area contributed by atoms with Crippen molar-refractivity contribution in [1.82, 2.24) is 9.91 Å². The van der Waals surface area contributed by atoms with Gasteiger partial charge in [0, 0.05) is 37.4 Å². The van der Waals surface area contributed by atoms with E-state index in [4.69, 9.17) is 26.2 Å². The molecule has 2 saturated heterocycles. The fourth-order valence-corrected chi connectivity index (χ4v) is 4.90. The highest BCUT2D eigenvalue weighted by atomic mass is 35.5. The van der Waals surface area contributed by atoms with Gasteiger partial charge in [-0.15, -0.1) is 0 Å². The highest BCUT2D eigenvalue weighted by Crippen LogP contribution is 2.37. The summed E-state index contributed by atoms with van der Waals surface area (Å²) < 4.78 is 11.6. The van der Waals surface area contributed by atoms with Crippen LogP contribution >= 0.6 is 11.6 Å². The van der Waals surface area contributed by atoms with Crippen molar-refractivity contribution in [3.63, 3.8) is 0 Å². The number of carbonyl (C=O) groups is 1. The Kier molecular flexibility index (Phi) is 5.80. The first-order chi connectivity index (χ1) is 15.1. The summed E-state index contributed by atoms with van der Waals surface area (Å²) in [6, 6.07) is 17.5. The van der Waals surface area contributed by atoms with E-state index in [2.05, 4.69) is 4.90 Å². The minimum Gasteiger partial charge on any atom is -0.347 e. The van der Waals surface area contributed by atoms with E-state index in [0.717, 1.165) is 42.8 Å². The average Bonchev–Trinajstić information content (AvgIpc) is 3.44. The normalized spacial score (nSPS) is 23.3. The van der Waals surface area contributed by atoms with Crippen molar-refractivity contribution in [2.45, 2.75) is 31.1 Å². The van der Waals surface area contributed by atoms with Crippen LogP contribution in [0.2, 0.25) is 5.02 Å². The molecule has 1 spiro atoms. The SMILES string of the molecule is O=C(CN1CCC2(CC1)OCCO2)N1N=C(c2ccccc2)C[C@H]1c1ccccc1Cl. The van der Waals surface area contributed by atoms with Crippen LogP contribution < -0.4 is 0 Å². The maximum atomic E-state index is 13.4. The first kappa shape index (κ1) is 20.6. The molecule has 31 heavy (non-hydrogen) atoms. The first-order valence-corrected chi connectivity index (χ1v) is 11.2. The van der Waals surface area contributed by atoms with Crippen LogP contribution in [0, 0.1) is 0 Å². The minimum atomic E-state index is -0.439. The van der Waals surface area contributed by atoms with E-state index in [1.54, 1.807) is 5.01 Å². The molecule has 3 heterocycles. The van der Waals surface area contributed by atoms with Crippen molar-refractivity contribution in [2.24, 2.45) is 5.10 Å². The van der Waals surface area contributed by atoms with Gasteiger partial charge >= 0.3 is 0 Å². The van der Waals surface area contributed by atoms with Crippen molar-refractivity contribution in [3.05, 3.63) is 70.7 Å². The number of nitrogens with zero attached hydrogens (tertiary/aromatic N) is 3. The molecule has 0 radical (unpaired) electrons. The number of amides is 1. The Morgan fingerprint density at radius 2 is 1.71 bits per heavy atom. The summed E-state index contributed by atoms with van der Waals surface area (Å²) in [5.41, 5.74) is 2.87. The molecule has 2 aromatic carbocycles. The molecule has 7 heteroatoms. The summed E-state index contributed by atoms with van der Waals surface area (Å²) in [5.74, 6) is -0.452. The Hall–Kier alpha value is -2.25. The van der Waals surface area contributed by atoms with Crippen molar-refractivity contribution in [2.75, 3.05) is 32.8 Å². The Labute approximate surface area is 187 Å². The number of ether oxygens (including phenoxy) is 2. The largest absolute Gasteiger partial charge is 0.347 e. The van der Waals surface area contributed by atoms with E-state index in [-0.39, 0.29) is 11.9 Å². The number of hydrogen-bond donors (Lipinski definition) is 0. The predicted octanol–water partition coefficient (Wildman–Crippen LogP) is 3.86. The number of carbonyl (C=O) groups excluding carboxylic acids is 1. The molecule has 1 atom stereocenters. The molecule has 0 N–H and O–H groups in total. The van der Waals surface area contributed by atoms with Gasteiger partial charge in [0.05, 0.1) is 31.5 Å². The third-order valence-corrected chi connectivity index (χ3v) is 6.67. The van der Waals surface area contributed by atoms with Crippen molar-refractivity contribution in [3.8, 4) is 0 Å². The predicted molar refractivity (Wildman–Crippen MR) is 119 cm³/mol. The smallest absolute Gasteiger partial charge is 0.257 e. The van der Waals surface area contributed by atoms with Crippen LogP contribution in [0.15, 0.2) is 59.7 Å².